The molecular formula is C23H36N4O3. The third kappa shape index (κ3) is 6.36. The fraction of sp³-hybridized carbons (Fsp3) is 0.652. The molecule has 30 heavy (non-hydrogen) atoms. The van der Waals surface area contributed by atoms with Crippen molar-refractivity contribution in [2.24, 2.45) is 4.99 Å². The molecular weight excluding hydrogens is 380 g/mol. The fourth-order valence-electron chi connectivity index (χ4n) is 3.53. The van der Waals surface area contributed by atoms with Gasteiger partial charge >= 0.3 is 6.09 Å². The van der Waals surface area contributed by atoms with Crippen LogP contribution in [0.1, 0.15) is 52.7 Å². The van der Waals surface area contributed by atoms with Crippen molar-refractivity contribution in [2.75, 3.05) is 26.2 Å². The molecule has 1 unspecified atom stereocenters. The average Bonchev–Trinajstić information content (AvgIpc) is 3.05. The van der Waals surface area contributed by atoms with E-state index >= 15 is 0 Å². The number of hydrogen-bond acceptors (Lipinski definition) is 6. The van der Waals surface area contributed by atoms with E-state index in [0.29, 0.717) is 32.8 Å². The smallest absolute Gasteiger partial charge is 0.410 e. The summed E-state index contributed by atoms with van der Waals surface area (Å²) in [6.07, 6.45) is -0.238. The summed E-state index contributed by atoms with van der Waals surface area (Å²) < 4.78 is 11.4. The molecule has 0 aliphatic carbocycles. The normalized spacial score (nSPS) is 19.4. The highest BCUT2D eigenvalue weighted by atomic mass is 16.6. The van der Waals surface area contributed by atoms with E-state index in [2.05, 4.69) is 60.2 Å². The molecule has 0 spiro atoms. The van der Waals surface area contributed by atoms with Gasteiger partial charge < -0.3 is 24.6 Å². The minimum absolute atomic E-state index is 0.150. The molecule has 1 N–H and O–H groups in total. The number of carbonyl (C=O) groups is 1. The number of guanidine groups is 1. The van der Waals surface area contributed by atoms with Crippen molar-refractivity contribution in [1.29, 1.82) is 0 Å². The minimum atomic E-state index is -0.473. The van der Waals surface area contributed by atoms with Gasteiger partial charge in [-0.05, 0) is 52.7 Å². The van der Waals surface area contributed by atoms with Gasteiger partial charge in [-0.15, -0.1) is 0 Å². The Hall–Kier alpha value is -2.28. The third-order valence-corrected chi connectivity index (χ3v) is 4.97. The van der Waals surface area contributed by atoms with E-state index in [-0.39, 0.29) is 17.7 Å². The molecule has 7 heteroatoms. The van der Waals surface area contributed by atoms with Crippen molar-refractivity contribution in [1.82, 2.24) is 15.1 Å². The van der Waals surface area contributed by atoms with Gasteiger partial charge in [0, 0.05) is 26.2 Å². The van der Waals surface area contributed by atoms with E-state index in [0.717, 1.165) is 12.5 Å². The van der Waals surface area contributed by atoms with Crippen LogP contribution in [0.15, 0.2) is 29.3 Å². The van der Waals surface area contributed by atoms with Crippen LogP contribution in [0.25, 0.3) is 0 Å². The highest BCUT2D eigenvalue weighted by Gasteiger charge is 2.36. The molecule has 0 aromatic heterocycles. The van der Waals surface area contributed by atoms with Crippen LogP contribution in [0, 0.1) is 0 Å². The van der Waals surface area contributed by atoms with Crippen molar-refractivity contribution in [2.45, 2.75) is 71.9 Å². The maximum Gasteiger partial charge on any atom is 0.410 e. The largest absolute Gasteiger partial charge is 0.444 e. The standard InChI is InChI=1S/C23H36N4O3/c1-22(2,3)29-16-18-9-7-8-17(12-18)13-24-20-25-14-19-15-26(10-11-27(19)20)21(28)30-23(4,5)6/h7-9,12,19H,10-11,13-16H2,1-6H3,(H,24,25). The Kier molecular flexibility index (Phi) is 6.60. The Labute approximate surface area is 180 Å². The zero-order valence-corrected chi connectivity index (χ0v) is 19.2. The van der Waals surface area contributed by atoms with Gasteiger partial charge in [0.05, 0.1) is 24.8 Å². The number of aliphatic imine (C=N–C) groups is 1. The van der Waals surface area contributed by atoms with Gasteiger partial charge in [-0.2, -0.15) is 0 Å². The summed E-state index contributed by atoms with van der Waals surface area (Å²) in [6.45, 7) is 15.9. The number of carbonyl (C=O) groups excluding carboxylic acids is 1. The Bertz CT molecular complexity index is 779. The summed E-state index contributed by atoms with van der Waals surface area (Å²) in [5.41, 5.74) is 1.74. The Morgan fingerprint density at radius 3 is 2.57 bits per heavy atom. The number of piperazine rings is 1. The van der Waals surface area contributed by atoms with E-state index in [1.54, 1.807) is 4.90 Å². The second-order valence-corrected chi connectivity index (χ2v) is 10.0. The van der Waals surface area contributed by atoms with E-state index in [1.165, 1.54) is 11.1 Å². The maximum absolute atomic E-state index is 12.4. The lowest BCUT2D eigenvalue weighted by Crippen LogP contribution is -2.57. The van der Waals surface area contributed by atoms with Crippen LogP contribution in [0.5, 0.6) is 0 Å². The molecule has 1 aromatic rings. The van der Waals surface area contributed by atoms with Crippen molar-refractivity contribution >= 4 is 12.1 Å². The van der Waals surface area contributed by atoms with Crippen LogP contribution < -0.4 is 5.32 Å². The monoisotopic (exact) mass is 416 g/mol. The molecule has 166 valence electrons. The zero-order valence-electron chi connectivity index (χ0n) is 19.2. The second kappa shape index (κ2) is 8.84. The molecule has 1 fully saturated rings. The number of fused-ring (bicyclic) bond motifs is 1. The molecule has 2 aliphatic heterocycles. The summed E-state index contributed by atoms with van der Waals surface area (Å²) in [6, 6.07) is 8.65. The van der Waals surface area contributed by atoms with Gasteiger partial charge in [0.2, 0.25) is 0 Å². The van der Waals surface area contributed by atoms with Crippen molar-refractivity contribution < 1.29 is 14.3 Å². The number of hydrogen-bond donors (Lipinski definition) is 1. The number of amides is 1. The third-order valence-electron chi connectivity index (χ3n) is 4.97. The summed E-state index contributed by atoms with van der Waals surface area (Å²) in [5.74, 6) is 0.917. The summed E-state index contributed by atoms with van der Waals surface area (Å²) >= 11 is 0. The second-order valence-electron chi connectivity index (χ2n) is 10.0. The number of nitrogens with one attached hydrogen (secondary N) is 1. The van der Waals surface area contributed by atoms with E-state index in [9.17, 15) is 4.79 Å². The Morgan fingerprint density at radius 2 is 1.87 bits per heavy atom. The predicted octanol–water partition coefficient (Wildman–Crippen LogP) is 3.38. The Morgan fingerprint density at radius 1 is 1.13 bits per heavy atom. The van der Waals surface area contributed by atoms with E-state index in [1.807, 2.05) is 20.8 Å². The quantitative estimate of drug-likeness (QED) is 0.815. The maximum atomic E-state index is 12.4. The van der Waals surface area contributed by atoms with Gasteiger partial charge in [-0.25, -0.2) is 4.79 Å². The van der Waals surface area contributed by atoms with Gasteiger partial charge in [0.15, 0.2) is 5.96 Å². The molecule has 1 aromatic carbocycles. The van der Waals surface area contributed by atoms with Gasteiger partial charge in [0.25, 0.3) is 0 Å². The first-order valence-corrected chi connectivity index (χ1v) is 10.7. The van der Waals surface area contributed by atoms with Crippen LogP contribution in [0.3, 0.4) is 0 Å². The summed E-state index contributed by atoms with van der Waals surface area (Å²) in [7, 11) is 0. The first-order chi connectivity index (χ1) is 14.0. The lowest BCUT2D eigenvalue weighted by atomic mass is 10.1. The molecule has 1 amide bonds. The number of nitrogens with zero attached hydrogens (tertiary/aromatic N) is 3. The molecule has 3 rings (SSSR count). The number of rotatable bonds is 4. The molecule has 1 saturated heterocycles. The van der Waals surface area contributed by atoms with E-state index < -0.39 is 5.60 Å². The number of benzene rings is 1. The average molecular weight is 417 g/mol. The summed E-state index contributed by atoms with van der Waals surface area (Å²) in [5, 5.41) is 3.48. The fourth-order valence-corrected chi connectivity index (χ4v) is 3.53. The summed E-state index contributed by atoms with van der Waals surface area (Å²) in [4.78, 5) is 21.1. The minimum Gasteiger partial charge on any atom is -0.444 e. The van der Waals surface area contributed by atoms with Gasteiger partial charge in [-0.1, -0.05) is 24.3 Å². The lowest BCUT2D eigenvalue weighted by Gasteiger charge is -2.39. The van der Waals surface area contributed by atoms with Crippen LogP contribution in [-0.2, 0) is 22.6 Å². The molecule has 0 bridgehead atoms. The predicted molar refractivity (Wildman–Crippen MR) is 118 cm³/mol. The first kappa shape index (κ1) is 22.4. The highest BCUT2D eigenvalue weighted by Crippen LogP contribution is 2.19. The van der Waals surface area contributed by atoms with E-state index in [4.69, 9.17) is 9.47 Å². The molecule has 1 atom stereocenters. The molecule has 0 radical (unpaired) electrons. The molecule has 0 saturated carbocycles. The van der Waals surface area contributed by atoms with Gasteiger partial charge in [-0.3, -0.25) is 4.99 Å². The first-order valence-electron chi connectivity index (χ1n) is 10.7. The van der Waals surface area contributed by atoms with Crippen LogP contribution in [-0.4, -0.2) is 65.3 Å². The van der Waals surface area contributed by atoms with Crippen molar-refractivity contribution in [3.63, 3.8) is 0 Å². The zero-order chi connectivity index (χ0) is 21.9. The van der Waals surface area contributed by atoms with Crippen molar-refractivity contribution in [3.8, 4) is 0 Å². The van der Waals surface area contributed by atoms with Crippen LogP contribution in [0.2, 0.25) is 0 Å². The Balaban J connectivity index is 1.50. The topological polar surface area (TPSA) is 66.4 Å². The van der Waals surface area contributed by atoms with Crippen LogP contribution in [0.4, 0.5) is 4.79 Å². The van der Waals surface area contributed by atoms with Gasteiger partial charge in [0.1, 0.15) is 5.60 Å². The highest BCUT2D eigenvalue weighted by molar-refractivity contribution is 5.82. The van der Waals surface area contributed by atoms with Crippen molar-refractivity contribution in [3.05, 3.63) is 35.4 Å². The number of ether oxygens (including phenoxy) is 2. The molecule has 7 nitrogen and oxygen atoms in total. The lowest BCUT2D eigenvalue weighted by molar-refractivity contribution is -0.0149. The van der Waals surface area contributed by atoms with Crippen LogP contribution >= 0.6 is 0 Å². The SMILES string of the molecule is CC(C)(C)OCc1cccc(CNC2=NCC3CN(C(=O)OC(C)(C)C)CCN23)c1. The molecule has 2 aliphatic rings. The molecule has 2 heterocycles.